The molecule has 1 fully saturated rings. The Kier molecular flexibility index (Phi) is 5.69. The van der Waals surface area contributed by atoms with Crippen molar-refractivity contribution in [3.05, 3.63) is 28.3 Å². The molecule has 0 bridgehead atoms. The maximum atomic E-state index is 12.4. The number of nitro benzene ring substituents is 1. The van der Waals surface area contributed by atoms with E-state index in [1.54, 1.807) is 25.7 Å². The lowest BCUT2D eigenvalue weighted by molar-refractivity contribution is -0.384. The third kappa shape index (κ3) is 5.08. The number of piperidine rings is 1. The van der Waals surface area contributed by atoms with Crippen LogP contribution < -0.4 is 11.1 Å². The second kappa shape index (κ2) is 7.59. The summed E-state index contributed by atoms with van der Waals surface area (Å²) in [6, 6.07) is 3.91. The number of rotatable bonds is 3. The van der Waals surface area contributed by atoms with Crippen LogP contribution in [0.3, 0.4) is 0 Å². The molecule has 1 saturated heterocycles. The predicted octanol–water partition coefficient (Wildman–Crippen LogP) is 2.76. The van der Waals surface area contributed by atoms with Crippen molar-refractivity contribution >= 4 is 29.1 Å². The Bertz CT molecular complexity index is 706. The van der Waals surface area contributed by atoms with Gasteiger partial charge in [-0.15, -0.1) is 0 Å². The predicted molar refractivity (Wildman–Crippen MR) is 96.7 cm³/mol. The number of nitrogens with two attached hydrogens (primary N) is 1. The topological polar surface area (TPSA) is 128 Å². The highest BCUT2D eigenvalue weighted by atomic mass is 16.6. The van der Waals surface area contributed by atoms with E-state index in [2.05, 4.69) is 5.32 Å². The molecule has 2 amide bonds. The fraction of sp³-hybridized carbons (Fsp3) is 0.529. The molecule has 1 aromatic rings. The molecule has 0 unspecified atom stereocenters. The molecule has 0 aliphatic carbocycles. The van der Waals surface area contributed by atoms with Crippen molar-refractivity contribution in [2.24, 2.45) is 5.92 Å². The summed E-state index contributed by atoms with van der Waals surface area (Å²) in [5.41, 5.74) is 5.55. The number of nitrogens with one attached hydrogen (secondary N) is 1. The van der Waals surface area contributed by atoms with E-state index in [0.29, 0.717) is 25.9 Å². The monoisotopic (exact) mass is 364 g/mol. The van der Waals surface area contributed by atoms with Crippen LogP contribution in [0.15, 0.2) is 18.2 Å². The molecule has 1 aliphatic rings. The minimum absolute atomic E-state index is 0.144. The average Bonchev–Trinajstić information content (AvgIpc) is 2.55. The lowest BCUT2D eigenvalue weighted by Crippen LogP contribution is -2.43. The van der Waals surface area contributed by atoms with Crippen molar-refractivity contribution in [3.63, 3.8) is 0 Å². The Morgan fingerprint density at radius 2 is 1.92 bits per heavy atom. The smallest absolute Gasteiger partial charge is 0.410 e. The van der Waals surface area contributed by atoms with Crippen LogP contribution in [0, 0.1) is 16.0 Å². The van der Waals surface area contributed by atoms with Gasteiger partial charge in [0.2, 0.25) is 5.91 Å². The molecule has 0 atom stereocenters. The molecule has 1 aliphatic heterocycles. The van der Waals surface area contributed by atoms with E-state index in [-0.39, 0.29) is 35.0 Å². The molecule has 9 heteroatoms. The highest BCUT2D eigenvalue weighted by Crippen LogP contribution is 2.27. The summed E-state index contributed by atoms with van der Waals surface area (Å²) in [5.74, 6) is -0.562. The molecule has 142 valence electrons. The number of hydrogen-bond acceptors (Lipinski definition) is 6. The maximum Gasteiger partial charge on any atom is 0.410 e. The maximum absolute atomic E-state index is 12.4. The molecule has 0 spiro atoms. The number of nitro groups is 1. The van der Waals surface area contributed by atoms with E-state index < -0.39 is 10.5 Å². The van der Waals surface area contributed by atoms with Crippen molar-refractivity contribution in [3.8, 4) is 0 Å². The zero-order chi connectivity index (χ0) is 19.5. The zero-order valence-corrected chi connectivity index (χ0v) is 15.2. The number of carbonyl (C=O) groups excluding carboxylic acids is 2. The van der Waals surface area contributed by atoms with Crippen LogP contribution in [0.2, 0.25) is 0 Å². The molecule has 26 heavy (non-hydrogen) atoms. The normalized spacial score (nSPS) is 15.4. The van der Waals surface area contributed by atoms with Gasteiger partial charge in [0.15, 0.2) is 0 Å². The van der Waals surface area contributed by atoms with Crippen molar-refractivity contribution in [1.29, 1.82) is 0 Å². The van der Waals surface area contributed by atoms with Crippen molar-refractivity contribution in [2.45, 2.75) is 39.2 Å². The van der Waals surface area contributed by atoms with Crippen LogP contribution in [-0.2, 0) is 9.53 Å². The summed E-state index contributed by atoms with van der Waals surface area (Å²) in [6.07, 6.45) is 0.582. The van der Waals surface area contributed by atoms with Crippen molar-refractivity contribution in [1.82, 2.24) is 4.90 Å². The molecule has 0 aromatic heterocycles. The van der Waals surface area contributed by atoms with Gasteiger partial charge in [-0.3, -0.25) is 14.9 Å². The van der Waals surface area contributed by atoms with Crippen LogP contribution in [0.5, 0.6) is 0 Å². The Morgan fingerprint density at radius 1 is 1.31 bits per heavy atom. The first-order valence-electron chi connectivity index (χ1n) is 8.39. The van der Waals surface area contributed by atoms with Gasteiger partial charge in [0.1, 0.15) is 5.60 Å². The van der Waals surface area contributed by atoms with Crippen molar-refractivity contribution in [2.75, 3.05) is 24.1 Å². The highest BCUT2D eigenvalue weighted by molar-refractivity contribution is 5.96. The summed E-state index contributed by atoms with van der Waals surface area (Å²) in [6.45, 7) is 6.23. The van der Waals surface area contributed by atoms with Crippen LogP contribution >= 0.6 is 0 Å². The number of non-ortho nitro benzene ring substituents is 1. The number of anilines is 2. The SMILES string of the molecule is CC(C)(C)OC(=O)N1CCC(C(=O)Nc2cc([N+](=O)[O-])ccc2N)CC1. The second-order valence-electron chi connectivity index (χ2n) is 7.26. The van der Waals surface area contributed by atoms with E-state index in [0.717, 1.165) is 0 Å². The Hall–Kier alpha value is -2.84. The highest BCUT2D eigenvalue weighted by Gasteiger charge is 2.30. The lowest BCUT2D eigenvalue weighted by Gasteiger charge is -2.33. The molecule has 3 N–H and O–H groups in total. The van der Waals surface area contributed by atoms with Gasteiger partial charge in [0.25, 0.3) is 5.69 Å². The number of benzene rings is 1. The van der Waals surface area contributed by atoms with Crippen LogP contribution in [0.25, 0.3) is 0 Å². The number of nitrogens with zero attached hydrogens (tertiary/aromatic N) is 2. The fourth-order valence-corrected chi connectivity index (χ4v) is 2.65. The van der Waals surface area contributed by atoms with E-state index >= 15 is 0 Å². The first kappa shape index (κ1) is 19.5. The molecule has 0 saturated carbocycles. The summed E-state index contributed by atoms with van der Waals surface area (Å²) in [7, 11) is 0. The lowest BCUT2D eigenvalue weighted by atomic mass is 9.96. The average molecular weight is 364 g/mol. The molecule has 1 heterocycles. The summed E-state index contributed by atoms with van der Waals surface area (Å²) in [5, 5.41) is 13.5. The molecule has 2 rings (SSSR count). The minimum Gasteiger partial charge on any atom is -0.444 e. The largest absolute Gasteiger partial charge is 0.444 e. The van der Waals surface area contributed by atoms with E-state index in [1.807, 2.05) is 0 Å². The standard InChI is InChI=1S/C17H24N4O5/c1-17(2,3)26-16(23)20-8-6-11(7-9-20)15(22)19-14-10-12(21(24)25)4-5-13(14)18/h4-5,10-11H,6-9,18H2,1-3H3,(H,19,22). The van der Waals surface area contributed by atoms with Gasteiger partial charge in [0.05, 0.1) is 16.3 Å². The summed E-state index contributed by atoms with van der Waals surface area (Å²) >= 11 is 0. The molecule has 9 nitrogen and oxygen atoms in total. The molecule has 1 aromatic carbocycles. The van der Waals surface area contributed by atoms with Gasteiger partial charge in [-0.2, -0.15) is 0 Å². The molecular formula is C17H24N4O5. The Balaban J connectivity index is 1.94. The number of amides is 2. The van der Waals surface area contributed by atoms with Gasteiger partial charge in [-0.25, -0.2) is 4.79 Å². The Morgan fingerprint density at radius 3 is 2.46 bits per heavy atom. The summed E-state index contributed by atoms with van der Waals surface area (Å²) in [4.78, 5) is 36.4. The first-order chi connectivity index (χ1) is 12.1. The number of hydrogen-bond donors (Lipinski definition) is 2. The third-order valence-corrected chi connectivity index (χ3v) is 4.02. The van der Waals surface area contributed by atoms with Crippen molar-refractivity contribution < 1.29 is 19.2 Å². The third-order valence-electron chi connectivity index (χ3n) is 4.02. The minimum atomic E-state index is -0.565. The fourth-order valence-electron chi connectivity index (χ4n) is 2.65. The van der Waals surface area contributed by atoms with Crippen LogP contribution in [0.1, 0.15) is 33.6 Å². The van der Waals surface area contributed by atoms with Gasteiger partial charge < -0.3 is 20.7 Å². The summed E-state index contributed by atoms with van der Waals surface area (Å²) < 4.78 is 5.33. The van der Waals surface area contributed by atoms with E-state index in [1.165, 1.54) is 18.2 Å². The zero-order valence-electron chi connectivity index (χ0n) is 15.2. The van der Waals surface area contributed by atoms with Gasteiger partial charge >= 0.3 is 6.09 Å². The number of carbonyl (C=O) groups is 2. The van der Waals surface area contributed by atoms with E-state index in [9.17, 15) is 19.7 Å². The van der Waals surface area contributed by atoms with Gasteiger partial charge in [-0.1, -0.05) is 0 Å². The Labute approximate surface area is 151 Å². The molecule has 0 radical (unpaired) electrons. The van der Waals surface area contributed by atoms with Crippen LogP contribution in [-0.4, -0.2) is 40.5 Å². The number of ether oxygens (including phenoxy) is 1. The number of likely N-dealkylation sites (tertiary alicyclic amines) is 1. The first-order valence-corrected chi connectivity index (χ1v) is 8.39. The van der Waals surface area contributed by atoms with Crippen LogP contribution in [0.4, 0.5) is 21.9 Å². The second-order valence-corrected chi connectivity index (χ2v) is 7.26. The van der Waals surface area contributed by atoms with Gasteiger partial charge in [-0.05, 0) is 39.7 Å². The quantitative estimate of drug-likeness (QED) is 0.482. The van der Waals surface area contributed by atoms with Gasteiger partial charge in [0, 0.05) is 31.1 Å². The van der Waals surface area contributed by atoms with E-state index in [4.69, 9.17) is 10.5 Å². The molecular weight excluding hydrogens is 340 g/mol. The number of nitrogen functional groups attached to an aromatic ring is 1.